The van der Waals surface area contributed by atoms with Crippen molar-refractivity contribution in [3.8, 4) is 11.8 Å². The molecule has 2 aromatic heterocycles. The largest absolute Gasteiger partial charge is 0.469 e. The summed E-state index contributed by atoms with van der Waals surface area (Å²) in [7, 11) is 1.40. The summed E-state index contributed by atoms with van der Waals surface area (Å²) in [5.41, 5.74) is 6.59. The number of carbonyl (C=O) groups is 2. The summed E-state index contributed by atoms with van der Waals surface area (Å²) in [6.45, 7) is 4.03. The first-order valence-corrected chi connectivity index (χ1v) is 11.4. The molecular formula is C22H29N7O6. The van der Waals surface area contributed by atoms with Crippen molar-refractivity contribution in [3.05, 3.63) is 12.2 Å². The van der Waals surface area contributed by atoms with Gasteiger partial charge in [-0.15, -0.1) is 0 Å². The van der Waals surface area contributed by atoms with Gasteiger partial charge in [0.15, 0.2) is 23.8 Å². The van der Waals surface area contributed by atoms with Crippen LogP contribution in [0.15, 0.2) is 6.33 Å². The third kappa shape index (κ3) is 5.06. The molecule has 2 aromatic rings. The molecular weight excluding hydrogens is 458 g/mol. The zero-order chi connectivity index (χ0) is 25.1. The van der Waals surface area contributed by atoms with Crippen molar-refractivity contribution >= 4 is 28.9 Å². The summed E-state index contributed by atoms with van der Waals surface area (Å²) in [4.78, 5) is 38.8. The van der Waals surface area contributed by atoms with Gasteiger partial charge in [0.1, 0.15) is 17.7 Å². The van der Waals surface area contributed by atoms with Gasteiger partial charge in [-0.3, -0.25) is 19.1 Å². The van der Waals surface area contributed by atoms with E-state index < -0.39 is 30.4 Å². The molecule has 0 aliphatic carbocycles. The van der Waals surface area contributed by atoms with Gasteiger partial charge in [0, 0.05) is 6.54 Å². The van der Waals surface area contributed by atoms with Gasteiger partial charge in [0.25, 0.3) is 5.91 Å². The number of imidazole rings is 1. The minimum Gasteiger partial charge on any atom is -0.469 e. The third-order valence-corrected chi connectivity index (χ3v) is 6.20. The predicted molar refractivity (Wildman–Crippen MR) is 122 cm³/mol. The number of aliphatic hydroxyl groups is 2. The Balaban J connectivity index is 1.49. The van der Waals surface area contributed by atoms with E-state index in [0.29, 0.717) is 13.1 Å². The number of piperidine rings is 1. The standard InChI is InChI=1S/C22H29N7O6/c1-3-24-20(32)17-15(30)16(31)21(35-17)29-11-25-14-18(23)26-13(27-19(14)29)5-4-8-28-9-6-12(7-10-28)22(33)34-2/h11-12,15-17,21,30-31H,3,6-10H2,1-2H3,(H,24,32)(H2,23,26,27)/t15-,16?,17+,21-/m1/s1. The van der Waals surface area contributed by atoms with Gasteiger partial charge >= 0.3 is 5.97 Å². The summed E-state index contributed by atoms with van der Waals surface area (Å²) in [5, 5.41) is 23.4. The number of methoxy groups -OCH3 is 1. The van der Waals surface area contributed by atoms with Gasteiger partial charge in [-0.25, -0.2) is 15.0 Å². The molecule has 188 valence electrons. The van der Waals surface area contributed by atoms with Crippen molar-refractivity contribution in [1.29, 1.82) is 0 Å². The molecule has 0 bridgehead atoms. The lowest BCUT2D eigenvalue weighted by Gasteiger charge is -2.28. The number of anilines is 1. The fourth-order valence-electron chi connectivity index (χ4n) is 4.29. The highest BCUT2D eigenvalue weighted by molar-refractivity contribution is 5.83. The van der Waals surface area contributed by atoms with Crippen LogP contribution >= 0.6 is 0 Å². The van der Waals surface area contributed by atoms with Crippen molar-refractivity contribution < 1.29 is 29.3 Å². The molecule has 13 heteroatoms. The lowest BCUT2D eigenvalue weighted by Crippen LogP contribution is -2.42. The van der Waals surface area contributed by atoms with Crippen molar-refractivity contribution in [2.45, 2.75) is 44.3 Å². The van der Waals surface area contributed by atoms with Gasteiger partial charge in [-0.05, 0) is 38.8 Å². The molecule has 2 fully saturated rings. The number of likely N-dealkylation sites (N-methyl/N-ethyl adjacent to an activating group) is 1. The van der Waals surface area contributed by atoms with Crippen molar-refractivity contribution in [3.63, 3.8) is 0 Å². The quantitative estimate of drug-likeness (QED) is 0.282. The molecule has 4 heterocycles. The van der Waals surface area contributed by atoms with Crippen LogP contribution in [-0.4, -0.2) is 98.1 Å². The number of rotatable bonds is 5. The second-order valence-corrected chi connectivity index (χ2v) is 8.45. The minimum absolute atomic E-state index is 0.0747. The van der Waals surface area contributed by atoms with E-state index in [9.17, 15) is 19.8 Å². The highest BCUT2D eigenvalue weighted by Crippen LogP contribution is 2.32. The summed E-state index contributed by atoms with van der Waals surface area (Å²) >= 11 is 0. The molecule has 35 heavy (non-hydrogen) atoms. The second kappa shape index (κ2) is 10.5. The fourth-order valence-corrected chi connectivity index (χ4v) is 4.29. The Hall–Kier alpha value is -3.31. The molecule has 1 amide bonds. The average molecular weight is 488 g/mol. The number of aliphatic hydroxyl groups excluding tert-OH is 2. The number of hydrogen-bond donors (Lipinski definition) is 4. The van der Waals surface area contributed by atoms with Crippen molar-refractivity contribution in [2.24, 2.45) is 5.92 Å². The summed E-state index contributed by atoms with van der Waals surface area (Å²) in [6.07, 6.45) is -2.36. The maximum absolute atomic E-state index is 12.2. The first-order chi connectivity index (χ1) is 16.8. The van der Waals surface area contributed by atoms with Crippen LogP contribution in [0.1, 0.15) is 31.8 Å². The number of likely N-dealkylation sites (tertiary alicyclic amines) is 1. The van der Waals surface area contributed by atoms with Crippen molar-refractivity contribution in [1.82, 2.24) is 29.7 Å². The van der Waals surface area contributed by atoms with Crippen LogP contribution in [-0.2, 0) is 19.1 Å². The number of ether oxygens (including phenoxy) is 2. The molecule has 2 aliphatic heterocycles. The number of carbonyl (C=O) groups excluding carboxylic acids is 2. The number of fused-ring (bicyclic) bond motifs is 1. The number of nitrogens with two attached hydrogens (primary N) is 1. The molecule has 0 saturated carbocycles. The maximum Gasteiger partial charge on any atom is 0.308 e. The van der Waals surface area contributed by atoms with Gasteiger partial charge < -0.3 is 30.7 Å². The molecule has 0 aromatic carbocycles. The number of amides is 1. The molecule has 13 nitrogen and oxygen atoms in total. The molecule has 2 aliphatic rings. The van der Waals surface area contributed by atoms with E-state index in [1.165, 1.54) is 18.0 Å². The van der Waals surface area contributed by atoms with Crippen LogP contribution in [0.2, 0.25) is 0 Å². The highest BCUT2D eigenvalue weighted by atomic mass is 16.6. The molecule has 4 atom stereocenters. The van der Waals surface area contributed by atoms with Gasteiger partial charge in [-0.1, -0.05) is 5.92 Å². The van der Waals surface area contributed by atoms with E-state index in [2.05, 4.69) is 37.0 Å². The smallest absolute Gasteiger partial charge is 0.308 e. The zero-order valence-corrected chi connectivity index (χ0v) is 19.5. The van der Waals surface area contributed by atoms with E-state index in [1.807, 2.05) is 0 Å². The van der Waals surface area contributed by atoms with E-state index in [-0.39, 0.29) is 34.7 Å². The maximum atomic E-state index is 12.2. The minimum atomic E-state index is -1.43. The molecule has 0 radical (unpaired) electrons. The van der Waals surface area contributed by atoms with E-state index in [0.717, 1.165) is 25.9 Å². The van der Waals surface area contributed by atoms with Gasteiger partial charge in [0.2, 0.25) is 5.82 Å². The summed E-state index contributed by atoms with van der Waals surface area (Å²) in [5.74, 6) is 5.42. The van der Waals surface area contributed by atoms with E-state index in [1.54, 1.807) is 6.92 Å². The highest BCUT2D eigenvalue weighted by Gasteiger charge is 2.47. The van der Waals surface area contributed by atoms with Crippen LogP contribution in [0.25, 0.3) is 11.2 Å². The third-order valence-electron chi connectivity index (χ3n) is 6.20. The normalized spacial score (nSPS) is 25.3. The number of aromatic nitrogens is 4. The average Bonchev–Trinajstić information content (AvgIpc) is 3.40. The number of esters is 1. The predicted octanol–water partition coefficient (Wildman–Crippen LogP) is -1.60. The lowest BCUT2D eigenvalue weighted by molar-refractivity contribution is -0.147. The van der Waals surface area contributed by atoms with Crippen LogP contribution < -0.4 is 11.1 Å². The number of nitrogen functional groups attached to an aromatic ring is 1. The van der Waals surface area contributed by atoms with E-state index in [4.69, 9.17) is 15.2 Å². The Morgan fingerprint density at radius 2 is 2.03 bits per heavy atom. The lowest BCUT2D eigenvalue weighted by atomic mass is 9.97. The Labute approximate surface area is 201 Å². The van der Waals surface area contributed by atoms with Gasteiger partial charge in [-0.2, -0.15) is 0 Å². The van der Waals surface area contributed by atoms with Crippen LogP contribution in [0.5, 0.6) is 0 Å². The zero-order valence-electron chi connectivity index (χ0n) is 19.5. The van der Waals surface area contributed by atoms with Crippen molar-refractivity contribution in [2.75, 3.05) is 39.0 Å². The molecule has 4 rings (SSSR count). The Morgan fingerprint density at radius 1 is 1.29 bits per heavy atom. The molecule has 5 N–H and O–H groups in total. The topological polar surface area (TPSA) is 178 Å². The van der Waals surface area contributed by atoms with E-state index >= 15 is 0 Å². The van der Waals surface area contributed by atoms with Crippen LogP contribution in [0.4, 0.5) is 5.82 Å². The summed E-state index contributed by atoms with van der Waals surface area (Å²) in [6, 6.07) is 0. The first-order valence-electron chi connectivity index (χ1n) is 11.4. The summed E-state index contributed by atoms with van der Waals surface area (Å²) < 4.78 is 11.9. The SMILES string of the molecule is CCNC(=O)[C@H]1O[C@@H](n2cnc3c(N)nc(C#CCN4CCC(C(=O)OC)CC4)nc32)C(O)[C@H]1O. The molecule has 1 unspecified atom stereocenters. The molecule has 2 saturated heterocycles. The number of hydrogen-bond acceptors (Lipinski definition) is 11. The number of nitrogens with one attached hydrogen (secondary N) is 1. The fraction of sp³-hybridized carbons (Fsp3) is 0.591. The van der Waals surface area contributed by atoms with Crippen LogP contribution in [0.3, 0.4) is 0 Å². The van der Waals surface area contributed by atoms with Gasteiger partial charge in [0.05, 0.1) is 25.9 Å². The van der Waals surface area contributed by atoms with Crippen LogP contribution in [0, 0.1) is 17.8 Å². The number of nitrogens with zero attached hydrogens (tertiary/aromatic N) is 5. The Morgan fingerprint density at radius 3 is 2.71 bits per heavy atom. The second-order valence-electron chi connectivity index (χ2n) is 8.45. The first kappa shape index (κ1) is 24.8. The Kier molecular flexibility index (Phi) is 7.46. The monoisotopic (exact) mass is 487 g/mol. The molecule has 0 spiro atoms. The Bertz CT molecular complexity index is 1150.